The van der Waals surface area contributed by atoms with Gasteiger partial charge in [0.15, 0.2) is 0 Å². The molecule has 4 heteroatoms. The Morgan fingerprint density at radius 3 is 2.56 bits per heavy atom. The minimum atomic E-state index is 0.0469. The maximum Gasteiger partial charge on any atom is 0.240 e. The molecule has 1 atom stereocenters. The Morgan fingerprint density at radius 1 is 1.17 bits per heavy atom. The summed E-state index contributed by atoms with van der Waals surface area (Å²) >= 11 is 0. The van der Waals surface area contributed by atoms with Gasteiger partial charge < -0.3 is 10.2 Å². The maximum atomic E-state index is 12.4. The first-order valence-corrected chi connectivity index (χ1v) is 7.39. The average molecular weight is 253 g/mol. The number of likely N-dealkylation sites (N-methyl/N-ethyl adjacent to an activating group) is 2. The summed E-state index contributed by atoms with van der Waals surface area (Å²) in [7, 11) is 3.88. The van der Waals surface area contributed by atoms with E-state index in [-0.39, 0.29) is 6.04 Å². The molecule has 2 aliphatic rings. The van der Waals surface area contributed by atoms with E-state index in [9.17, 15) is 4.79 Å². The van der Waals surface area contributed by atoms with E-state index in [0.717, 1.165) is 26.1 Å². The number of carbonyl (C=O) groups excluding carboxylic acids is 1. The Hall–Kier alpha value is -0.610. The number of amides is 1. The molecule has 1 heterocycles. The molecule has 2 fully saturated rings. The average Bonchev–Trinajstić information content (AvgIpc) is 2.54. The summed E-state index contributed by atoms with van der Waals surface area (Å²) in [6.07, 6.45) is 7.69. The third kappa shape index (κ3) is 3.04. The molecule has 0 aromatic rings. The Kier molecular flexibility index (Phi) is 5.01. The van der Waals surface area contributed by atoms with Gasteiger partial charge in [0.2, 0.25) is 5.91 Å². The highest BCUT2D eigenvalue weighted by Gasteiger charge is 2.34. The number of rotatable bonds is 3. The summed E-state index contributed by atoms with van der Waals surface area (Å²) in [5.41, 5.74) is 0. The molecule has 0 spiro atoms. The highest BCUT2D eigenvalue weighted by atomic mass is 16.2. The Labute approximate surface area is 111 Å². The number of hydrogen-bond acceptors (Lipinski definition) is 3. The summed E-state index contributed by atoms with van der Waals surface area (Å²) in [4.78, 5) is 16.8. The van der Waals surface area contributed by atoms with E-state index in [1.165, 1.54) is 32.1 Å². The summed E-state index contributed by atoms with van der Waals surface area (Å²) in [6, 6.07) is 0.679. The molecule has 104 valence electrons. The van der Waals surface area contributed by atoms with Gasteiger partial charge in [0.25, 0.3) is 0 Å². The van der Waals surface area contributed by atoms with Crippen LogP contribution in [0, 0.1) is 0 Å². The summed E-state index contributed by atoms with van der Waals surface area (Å²) in [5, 5.41) is 3.20. The van der Waals surface area contributed by atoms with Crippen LogP contribution in [0.3, 0.4) is 0 Å². The van der Waals surface area contributed by atoms with Crippen LogP contribution in [-0.2, 0) is 4.79 Å². The first-order chi connectivity index (χ1) is 8.74. The zero-order valence-electron chi connectivity index (χ0n) is 11.8. The largest absolute Gasteiger partial charge is 0.344 e. The topological polar surface area (TPSA) is 35.6 Å². The third-order valence-corrected chi connectivity index (χ3v) is 4.41. The van der Waals surface area contributed by atoms with Gasteiger partial charge in [0.1, 0.15) is 6.04 Å². The standard InChI is InChI=1S/C14H27N3O/c1-15-11-13-14(18)16(2)9-6-10-17(13)12-7-4-3-5-8-12/h12-13,15H,3-11H2,1-2H3. The fourth-order valence-corrected chi connectivity index (χ4v) is 3.40. The van der Waals surface area contributed by atoms with Crippen molar-refractivity contribution in [3.8, 4) is 0 Å². The third-order valence-electron chi connectivity index (χ3n) is 4.41. The predicted octanol–water partition coefficient (Wildman–Crippen LogP) is 1.07. The van der Waals surface area contributed by atoms with E-state index < -0.39 is 0 Å². The van der Waals surface area contributed by atoms with Crippen LogP contribution in [0.4, 0.5) is 0 Å². The second-order valence-corrected chi connectivity index (χ2v) is 5.72. The van der Waals surface area contributed by atoms with Gasteiger partial charge in [0.05, 0.1) is 0 Å². The Bertz CT molecular complexity index is 276. The minimum absolute atomic E-state index is 0.0469. The van der Waals surface area contributed by atoms with Crippen LogP contribution >= 0.6 is 0 Å². The molecule has 0 aromatic carbocycles. The van der Waals surface area contributed by atoms with Crippen LogP contribution in [0.2, 0.25) is 0 Å². The second kappa shape index (κ2) is 6.53. The van der Waals surface area contributed by atoms with Crippen molar-refractivity contribution in [3.05, 3.63) is 0 Å². The van der Waals surface area contributed by atoms with Crippen molar-refractivity contribution < 1.29 is 4.79 Å². The van der Waals surface area contributed by atoms with Gasteiger partial charge in [-0.05, 0) is 26.3 Å². The fraction of sp³-hybridized carbons (Fsp3) is 0.929. The van der Waals surface area contributed by atoms with Gasteiger partial charge in [-0.25, -0.2) is 0 Å². The molecule has 1 amide bonds. The molecule has 1 saturated carbocycles. The zero-order chi connectivity index (χ0) is 13.0. The minimum Gasteiger partial charge on any atom is -0.344 e. The van der Waals surface area contributed by atoms with E-state index in [1.54, 1.807) is 0 Å². The predicted molar refractivity (Wildman–Crippen MR) is 73.5 cm³/mol. The normalized spacial score (nSPS) is 28.4. The second-order valence-electron chi connectivity index (χ2n) is 5.72. The smallest absolute Gasteiger partial charge is 0.240 e. The monoisotopic (exact) mass is 253 g/mol. The summed E-state index contributed by atoms with van der Waals surface area (Å²) in [6.45, 7) is 2.76. The van der Waals surface area contributed by atoms with Crippen LogP contribution < -0.4 is 5.32 Å². The summed E-state index contributed by atoms with van der Waals surface area (Å²) < 4.78 is 0. The van der Waals surface area contributed by atoms with Gasteiger partial charge in [-0.1, -0.05) is 19.3 Å². The lowest BCUT2D eigenvalue weighted by Crippen LogP contribution is -2.53. The van der Waals surface area contributed by atoms with Crippen LogP contribution in [0.25, 0.3) is 0 Å². The number of carbonyl (C=O) groups is 1. The van der Waals surface area contributed by atoms with Crippen LogP contribution in [0.1, 0.15) is 38.5 Å². The first kappa shape index (κ1) is 13.8. The lowest BCUT2D eigenvalue weighted by molar-refractivity contribution is -0.135. The summed E-state index contributed by atoms with van der Waals surface area (Å²) in [5.74, 6) is 0.299. The van der Waals surface area contributed by atoms with Crippen molar-refractivity contribution in [3.63, 3.8) is 0 Å². The van der Waals surface area contributed by atoms with E-state index in [4.69, 9.17) is 0 Å². The molecule has 1 aliphatic heterocycles. The fourth-order valence-electron chi connectivity index (χ4n) is 3.40. The Balaban J connectivity index is 2.10. The molecule has 2 rings (SSSR count). The van der Waals surface area contributed by atoms with Crippen molar-refractivity contribution >= 4 is 5.91 Å². The van der Waals surface area contributed by atoms with Crippen molar-refractivity contribution in [2.75, 3.05) is 33.7 Å². The van der Waals surface area contributed by atoms with Gasteiger partial charge in [-0.3, -0.25) is 9.69 Å². The molecular formula is C14H27N3O. The SMILES string of the molecule is CNCC1C(=O)N(C)CCCN1C1CCCCC1. The van der Waals surface area contributed by atoms with Crippen molar-refractivity contribution in [1.29, 1.82) is 0 Å². The molecule has 1 saturated heterocycles. The lowest BCUT2D eigenvalue weighted by Gasteiger charge is -2.38. The number of nitrogens with zero attached hydrogens (tertiary/aromatic N) is 2. The molecule has 18 heavy (non-hydrogen) atoms. The van der Waals surface area contributed by atoms with Gasteiger partial charge in [-0.2, -0.15) is 0 Å². The molecule has 0 radical (unpaired) electrons. The lowest BCUT2D eigenvalue weighted by atomic mass is 9.93. The van der Waals surface area contributed by atoms with Gasteiger partial charge in [0, 0.05) is 32.7 Å². The maximum absolute atomic E-state index is 12.4. The van der Waals surface area contributed by atoms with Crippen molar-refractivity contribution in [1.82, 2.24) is 15.1 Å². The van der Waals surface area contributed by atoms with Gasteiger partial charge in [-0.15, -0.1) is 0 Å². The van der Waals surface area contributed by atoms with E-state index in [2.05, 4.69) is 10.2 Å². The van der Waals surface area contributed by atoms with E-state index >= 15 is 0 Å². The highest BCUT2D eigenvalue weighted by molar-refractivity contribution is 5.82. The van der Waals surface area contributed by atoms with Crippen molar-refractivity contribution in [2.45, 2.75) is 50.6 Å². The van der Waals surface area contributed by atoms with E-state index in [1.807, 2.05) is 19.0 Å². The zero-order valence-corrected chi connectivity index (χ0v) is 11.8. The number of nitrogens with one attached hydrogen (secondary N) is 1. The molecule has 4 nitrogen and oxygen atoms in total. The first-order valence-electron chi connectivity index (χ1n) is 7.39. The molecule has 1 aliphatic carbocycles. The molecule has 1 unspecified atom stereocenters. The highest BCUT2D eigenvalue weighted by Crippen LogP contribution is 2.26. The molecular weight excluding hydrogens is 226 g/mol. The van der Waals surface area contributed by atoms with Crippen LogP contribution in [0.5, 0.6) is 0 Å². The van der Waals surface area contributed by atoms with Crippen molar-refractivity contribution in [2.24, 2.45) is 0 Å². The van der Waals surface area contributed by atoms with Crippen LogP contribution in [0.15, 0.2) is 0 Å². The Morgan fingerprint density at radius 2 is 1.89 bits per heavy atom. The number of hydrogen-bond donors (Lipinski definition) is 1. The molecule has 0 bridgehead atoms. The quantitative estimate of drug-likeness (QED) is 0.817. The van der Waals surface area contributed by atoms with E-state index in [0.29, 0.717) is 11.9 Å². The van der Waals surface area contributed by atoms with Gasteiger partial charge >= 0.3 is 0 Å². The molecule has 0 aromatic heterocycles. The molecule has 1 N–H and O–H groups in total. The van der Waals surface area contributed by atoms with Crippen LogP contribution in [-0.4, -0.2) is 61.5 Å².